The first-order valence-corrected chi connectivity index (χ1v) is 2.59. The van der Waals surface area contributed by atoms with E-state index in [2.05, 4.69) is 6.57 Å². The van der Waals surface area contributed by atoms with Crippen LogP contribution in [0.3, 0.4) is 0 Å². The Morgan fingerprint density at radius 3 is 1.75 bits per heavy atom. The molecule has 1 fully saturated rings. The lowest BCUT2D eigenvalue weighted by Gasteiger charge is -1.99. The Hall–Kier alpha value is -0.590. The predicted octanol–water partition coefficient (Wildman–Crippen LogP) is 0.611. The second kappa shape index (κ2) is 4.57. The summed E-state index contributed by atoms with van der Waals surface area (Å²) in [6.45, 7) is 5.25. The molecule has 0 aromatic rings. The molecule has 0 amide bonds. The van der Waals surface area contributed by atoms with Crippen molar-refractivity contribution in [1.82, 2.24) is 5.06 Å². The third kappa shape index (κ3) is 2.56. The highest BCUT2D eigenvalue weighted by atomic mass is 16.5. The lowest BCUT2D eigenvalue weighted by atomic mass is 10.4. The molecule has 1 rings (SSSR count). The topological polar surface area (TPSA) is 47.3 Å². The highest BCUT2D eigenvalue weighted by molar-refractivity contribution is 4.54. The first-order valence-electron chi connectivity index (χ1n) is 2.59. The van der Waals surface area contributed by atoms with Crippen molar-refractivity contribution in [1.29, 1.82) is 5.26 Å². The third-order valence-electron chi connectivity index (χ3n) is 1.08. The Morgan fingerprint density at radius 1 is 1.25 bits per heavy atom. The summed E-state index contributed by atoms with van der Waals surface area (Å²) in [4.78, 5) is 0. The summed E-state index contributed by atoms with van der Waals surface area (Å²) in [5.74, 6) is 0. The predicted molar refractivity (Wildman–Crippen MR) is 29.3 cm³/mol. The largest absolute Gasteiger partial charge is 0.314 e. The standard InChI is InChI=1S/C4H9NO.CHN/c6-5-3-1-2-4-5;1-2/h6H,1-4H2;1H. The Kier molecular flexibility index (Phi) is 4.23. The van der Waals surface area contributed by atoms with Gasteiger partial charge < -0.3 is 5.21 Å². The number of hydrogen-bond donors (Lipinski definition) is 1. The lowest BCUT2D eigenvalue weighted by molar-refractivity contribution is -0.0678. The van der Waals surface area contributed by atoms with Gasteiger partial charge in [-0.1, -0.05) is 0 Å². The fourth-order valence-corrected chi connectivity index (χ4v) is 0.700. The molecule has 0 spiro atoms. The summed E-state index contributed by atoms with van der Waals surface area (Å²) in [5, 5.41) is 16.4. The molecule has 0 aromatic carbocycles. The van der Waals surface area contributed by atoms with E-state index in [0.717, 1.165) is 25.9 Å². The van der Waals surface area contributed by atoms with Crippen molar-refractivity contribution in [3.05, 3.63) is 0 Å². The summed E-state index contributed by atoms with van der Waals surface area (Å²) in [6, 6.07) is 0. The van der Waals surface area contributed by atoms with Gasteiger partial charge in [-0.15, -0.1) is 0 Å². The minimum atomic E-state index is 0.875. The van der Waals surface area contributed by atoms with Gasteiger partial charge in [-0.2, -0.15) is 5.06 Å². The molecule has 1 aliphatic rings. The molecule has 0 bridgehead atoms. The first kappa shape index (κ1) is 7.41. The van der Waals surface area contributed by atoms with Crippen LogP contribution in [0.2, 0.25) is 0 Å². The monoisotopic (exact) mass is 114 g/mol. The molecule has 46 valence electrons. The van der Waals surface area contributed by atoms with Crippen molar-refractivity contribution in [2.75, 3.05) is 13.1 Å². The Balaban J connectivity index is 0.000000222. The van der Waals surface area contributed by atoms with Crippen LogP contribution in [0.4, 0.5) is 0 Å². The van der Waals surface area contributed by atoms with E-state index in [-0.39, 0.29) is 0 Å². The minimum Gasteiger partial charge on any atom is -0.314 e. The lowest BCUT2D eigenvalue weighted by Crippen LogP contribution is -2.11. The minimum absolute atomic E-state index is 0.875. The third-order valence-corrected chi connectivity index (χ3v) is 1.08. The fraction of sp³-hybridized carbons (Fsp3) is 0.800. The van der Waals surface area contributed by atoms with E-state index in [1.165, 1.54) is 5.06 Å². The average molecular weight is 114 g/mol. The zero-order chi connectivity index (χ0) is 6.41. The van der Waals surface area contributed by atoms with Crippen molar-refractivity contribution < 1.29 is 5.21 Å². The van der Waals surface area contributed by atoms with Crippen LogP contribution in [0.5, 0.6) is 0 Å². The molecule has 0 saturated carbocycles. The maximum atomic E-state index is 8.56. The molecule has 0 radical (unpaired) electrons. The molecule has 1 aliphatic heterocycles. The second-order valence-electron chi connectivity index (χ2n) is 1.66. The van der Waals surface area contributed by atoms with Crippen LogP contribution in [0.25, 0.3) is 0 Å². The smallest absolute Gasteiger partial charge is 0.0462 e. The fourth-order valence-electron chi connectivity index (χ4n) is 0.700. The number of rotatable bonds is 0. The van der Waals surface area contributed by atoms with E-state index in [1.54, 1.807) is 0 Å². The van der Waals surface area contributed by atoms with E-state index >= 15 is 0 Å². The first-order chi connectivity index (χ1) is 3.89. The van der Waals surface area contributed by atoms with Gasteiger partial charge >= 0.3 is 0 Å². The van der Waals surface area contributed by atoms with E-state index in [0.29, 0.717) is 0 Å². The molecule has 0 atom stereocenters. The summed E-state index contributed by atoms with van der Waals surface area (Å²) in [6.07, 6.45) is 2.33. The van der Waals surface area contributed by atoms with Crippen molar-refractivity contribution in [3.8, 4) is 6.57 Å². The van der Waals surface area contributed by atoms with Crippen molar-refractivity contribution in [2.45, 2.75) is 12.8 Å². The second-order valence-corrected chi connectivity index (χ2v) is 1.66. The summed E-state index contributed by atoms with van der Waals surface area (Å²) in [5.41, 5.74) is 0. The Morgan fingerprint density at radius 2 is 1.62 bits per heavy atom. The molecular weight excluding hydrogens is 104 g/mol. The molecule has 1 saturated heterocycles. The number of nitriles is 1. The molecule has 8 heavy (non-hydrogen) atoms. The molecule has 1 N–H and O–H groups in total. The van der Waals surface area contributed by atoms with Gasteiger partial charge in [0.15, 0.2) is 0 Å². The van der Waals surface area contributed by atoms with Gasteiger partial charge in [0.25, 0.3) is 0 Å². The van der Waals surface area contributed by atoms with Crippen LogP contribution in [-0.4, -0.2) is 23.4 Å². The van der Waals surface area contributed by atoms with Crippen molar-refractivity contribution in [2.24, 2.45) is 0 Å². The van der Waals surface area contributed by atoms with Crippen molar-refractivity contribution in [3.63, 3.8) is 0 Å². The van der Waals surface area contributed by atoms with Gasteiger partial charge in [0.1, 0.15) is 0 Å². The number of hydroxylamine groups is 2. The quantitative estimate of drug-likeness (QED) is 0.502. The highest BCUT2D eigenvalue weighted by Gasteiger charge is 2.05. The summed E-state index contributed by atoms with van der Waals surface area (Å²) in [7, 11) is 0. The maximum absolute atomic E-state index is 8.56. The van der Waals surface area contributed by atoms with E-state index in [1.807, 2.05) is 0 Å². The van der Waals surface area contributed by atoms with E-state index in [9.17, 15) is 0 Å². The molecule has 3 nitrogen and oxygen atoms in total. The summed E-state index contributed by atoms with van der Waals surface area (Å²) < 4.78 is 0. The zero-order valence-corrected chi connectivity index (χ0v) is 4.75. The van der Waals surface area contributed by atoms with E-state index < -0.39 is 0 Å². The van der Waals surface area contributed by atoms with Crippen LogP contribution >= 0.6 is 0 Å². The Labute approximate surface area is 49.1 Å². The van der Waals surface area contributed by atoms with Crippen LogP contribution in [0.15, 0.2) is 0 Å². The molecule has 3 heteroatoms. The molecule has 0 unspecified atom stereocenters. The van der Waals surface area contributed by atoms with Crippen molar-refractivity contribution >= 4 is 0 Å². The SMILES string of the molecule is C#N.ON1CCCC1. The maximum Gasteiger partial charge on any atom is 0.0462 e. The van der Waals surface area contributed by atoms with Crippen LogP contribution in [0, 0.1) is 11.8 Å². The van der Waals surface area contributed by atoms with Gasteiger partial charge in [0.05, 0.1) is 0 Å². The average Bonchev–Trinajstić information content (AvgIpc) is 2.24. The normalized spacial score (nSPS) is 19.4. The van der Waals surface area contributed by atoms with Gasteiger partial charge in [-0.3, -0.25) is 0 Å². The van der Waals surface area contributed by atoms with Crippen LogP contribution in [0.1, 0.15) is 12.8 Å². The number of hydrogen-bond acceptors (Lipinski definition) is 3. The summed E-state index contributed by atoms with van der Waals surface area (Å²) >= 11 is 0. The van der Waals surface area contributed by atoms with Crippen LogP contribution < -0.4 is 0 Å². The molecule has 1 heterocycles. The van der Waals surface area contributed by atoms with E-state index in [4.69, 9.17) is 10.5 Å². The van der Waals surface area contributed by atoms with Crippen LogP contribution in [-0.2, 0) is 0 Å². The van der Waals surface area contributed by atoms with Gasteiger partial charge in [-0.05, 0) is 12.8 Å². The Bertz CT molecular complexity index is 66.1. The number of nitrogens with zero attached hydrogens (tertiary/aromatic N) is 2. The highest BCUT2D eigenvalue weighted by Crippen LogP contribution is 2.01. The van der Waals surface area contributed by atoms with Gasteiger partial charge in [0.2, 0.25) is 0 Å². The molecule has 0 aliphatic carbocycles. The van der Waals surface area contributed by atoms with Gasteiger partial charge in [0, 0.05) is 19.7 Å². The van der Waals surface area contributed by atoms with Gasteiger partial charge in [-0.25, -0.2) is 5.26 Å². The molecule has 0 aromatic heterocycles. The molecular formula is C5H10N2O. The zero-order valence-electron chi connectivity index (χ0n) is 4.75.